The Hall–Kier alpha value is -1.84. The summed E-state index contributed by atoms with van der Waals surface area (Å²) in [4.78, 5) is 10.8. The highest BCUT2D eigenvalue weighted by Gasteiger charge is 2.33. The van der Waals surface area contributed by atoms with Crippen LogP contribution in [-0.4, -0.2) is 22.3 Å². The molecule has 2 rings (SSSR count). The molecule has 0 amide bonds. The maximum atomic E-state index is 10.8. The Morgan fingerprint density at radius 1 is 1.35 bits per heavy atom. The van der Waals surface area contributed by atoms with Gasteiger partial charge in [0.2, 0.25) is 0 Å². The summed E-state index contributed by atoms with van der Waals surface area (Å²) in [6, 6.07) is 6.81. The van der Waals surface area contributed by atoms with E-state index in [1.807, 2.05) is 11.9 Å². The number of rotatable bonds is 2. The summed E-state index contributed by atoms with van der Waals surface area (Å²) in [6.45, 7) is 6.25. The van der Waals surface area contributed by atoms with Crippen molar-refractivity contribution in [2.24, 2.45) is 5.10 Å². The van der Waals surface area contributed by atoms with E-state index in [0.717, 1.165) is 17.8 Å². The second-order valence-electron chi connectivity index (χ2n) is 4.99. The first kappa shape index (κ1) is 11.6. The summed E-state index contributed by atoms with van der Waals surface area (Å²) < 4.78 is 0. The molecular weight excluding hydrogens is 216 g/mol. The molecule has 17 heavy (non-hydrogen) atoms. The SMILES string of the molecule is CC1=NN(c2ccc(C(=O)O)cc2)C(C)(C)C1. The van der Waals surface area contributed by atoms with E-state index in [-0.39, 0.29) is 5.54 Å². The first-order chi connectivity index (χ1) is 7.90. The molecular formula is C13H16N2O2. The second-order valence-corrected chi connectivity index (χ2v) is 4.99. The molecule has 0 spiro atoms. The third-order valence-corrected chi connectivity index (χ3v) is 2.89. The van der Waals surface area contributed by atoms with Crippen LogP contribution < -0.4 is 5.01 Å². The van der Waals surface area contributed by atoms with Crippen LogP contribution >= 0.6 is 0 Å². The topological polar surface area (TPSA) is 52.9 Å². The largest absolute Gasteiger partial charge is 0.478 e. The molecule has 0 saturated carbocycles. The molecule has 0 aromatic heterocycles. The minimum absolute atomic E-state index is 0.0468. The van der Waals surface area contributed by atoms with Crippen LogP contribution in [0.1, 0.15) is 37.6 Å². The van der Waals surface area contributed by atoms with Crippen molar-refractivity contribution in [2.75, 3.05) is 5.01 Å². The Labute approximate surface area is 101 Å². The van der Waals surface area contributed by atoms with Gasteiger partial charge in [0.1, 0.15) is 0 Å². The van der Waals surface area contributed by atoms with E-state index in [0.29, 0.717) is 5.56 Å². The van der Waals surface area contributed by atoms with E-state index in [1.54, 1.807) is 24.3 Å². The van der Waals surface area contributed by atoms with Gasteiger partial charge in [-0.1, -0.05) is 0 Å². The van der Waals surface area contributed by atoms with Crippen molar-refractivity contribution in [3.8, 4) is 0 Å². The molecule has 1 aromatic rings. The highest BCUT2D eigenvalue weighted by molar-refractivity contribution is 5.89. The molecule has 90 valence electrons. The predicted octanol–water partition coefficient (Wildman–Crippen LogP) is 2.75. The number of benzene rings is 1. The first-order valence-electron chi connectivity index (χ1n) is 5.58. The lowest BCUT2D eigenvalue weighted by Gasteiger charge is -2.30. The van der Waals surface area contributed by atoms with Gasteiger partial charge >= 0.3 is 5.97 Å². The van der Waals surface area contributed by atoms with Crippen molar-refractivity contribution in [3.63, 3.8) is 0 Å². The molecule has 0 bridgehead atoms. The van der Waals surface area contributed by atoms with Gasteiger partial charge in [0.15, 0.2) is 0 Å². The van der Waals surface area contributed by atoms with Gasteiger partial charge in [0.05, 0.1) is 16.8 Å². The minimum atomic E-state index is -0.906. The Balaban J connectivity index is 2.32. The molecule has 0 unspecified atom stereocenters. The Bertz CT molecular complexity index is 475. The van der Waals surface area contributed by atoms with Crippen molar-refractivity contribution >= 4 is 17.4 Å². The van der Waals surface area contributed by atoms with Crippen LogP contribution in [0, 0.1) is 0 Å². The molecule has 0 radical (unpaired) electrons. The van der Waals surface area contributed by atoms with E-state index in [9.17, 15) is 4.79 Å². The van der Waals surface area contributed by atoms with E-state index in [2.05, 4.69) is 18.9 Å². The lowest BCUT2D eigenvalue weighted by Crippen LogP contribution is -2.36. The fraction of sp³-hybridized carbons (Fsp3) is 0.385. The van der Waals surface area contributed by atoms with Crippen LogP contribution in [-0.2, 0) is 0 Å². The molecule has 1 aliphatic rings. The zero-order valence-electron chi connectivity index (χ0n) is 10.3. The summed E-state index contributed by atoms with van der Waals surface area (Å²) in [5.74, 6) is -0.906. The summed E-state index contributed by atoms with van der Waals surface area (Å²) >= 11 is 0. The van der Waals surface area contributed by atoms with Crippen LogP contribution in [0.4, 0.5) is 5.69 Å². The van der Waals surface area contributed by atoms with E-state index >= 15 is 0 Å². The number of nitrogens with zero attached hydrogens (tertiary/aromatic N) is 2. The van der Waals surface area contributed by atoms with Gasteiger partial charge in [-0.25, -0.2) is 4.79 Å². The van der Waals surface area contributed by atoms with Crippen LogP contribution in [0.3, 0.4) is 0 Å². The zero-order valence-corrected chi connectivity index (χ0v) is 10.3. The van der Waals surface area contributed by atoms with Crippen LogP contribution in [0.15, 0.2) is 29.4 Å². The van der Waals surface area contributed by atoms with Crippen molar-refractivity contribution in [1.82, 2.24) is 0 Å². The highest BCUT2D eigenvalue weighted by atomic mass is 16.4. The molecule has 0 saturated heterocycles. The van der Waals surface area contributed by atoms with E-state index in [1.165, 1.54) is 0 Å². The zero-order chi connectivity index (χ0) is 12.6. The third kappa shape index (κ3) is 2.16. The standard InChI is InChI=1S/C13H16N2O2/c1-9-8-13(2,3)15(14-9)11-6-4-10(5-7-11)12(16)17/h4-7H,8H2,1-3H3,(H,16,17). The number of aromatic carboxylic acids is 1. The maximum absolute atomic E-state index is 10.8. The monoisotopic (exact) mass is 232 g/mol. The fourth-order valence-corrected chi connectivity index (χ4v) is 2.19. The van der Waals surface area contributed by atoms with Gasteiger partial charge < -0.3 is 5.11 Å². The molecule has 0 atom stereocenters. The molecule has 1 N–H and O–H groups in total. The number of carbonyl (C=O) groups is 1. The molecule has 1 aliphatic heterocycles. The van der Waals surface area contributed by atoms with Crippen molar-refractivity contribution < 1.29 is 9.90 Å². The maximum Gasteiger partial charge on any atom is 0.335 e. The van der Waals surface area contributed by atoms with Crippen molar-refractivity contribution in [1.29, 1.82) is 0 Å². The number of carboxylic acid groups (broad SMARTS) is 1. The number of hydrogen-bond acceptors (Lipinski definition) is 3. The van der Waals surface area contributed by atoms with Crippen LogP contribution in [0.2, 0.25) is 0 Å². The second kappa shape index (κ2) is 3.87. The minimum Gasteiger partial charge on any atom is -0.478 e. The van der Waals surface area contributed by atoms with Crippen LogP contribution in [0.5, 0.6) is 0 Å². The lowest BCUT2D eigenvalue weighted by molar-refractivity contribution is 0.0697. The van der Waals surface area contributed by atoms with E-state index < -0.39 is 5.97 Å². The van der Waals surface area contributed by atoms with Gasteiger partial charge in [-0.3, -0.25) is 5.01 Å². The molecule has 1 aromatic carbocycles. The number of carboxylic acids is 1. The van der Waals surface area contributed by atoms with Gasteiger partial charge in [-0.05, 0) is 45.0 Å². The molecule has 1 heterocycles. The van der Waals surface area contributed by atoms with Crippen molar-refractivity contribution in [3.05, 3.63) is 29.8 Å². The summed E-state index contributed by atoms with van der Waals surface area (Å²) in [5, 5.41) is 15.3. The number of hydrogen-bond donors (Lipinski definition) is 1. The average molecular weight is 232 g/mol. The van der Waals surface area contributed by atoms with Crippen molar-refractivity contribution in [2.45, 2.75) is 32.7 Å². The first-order valence-corrected chi connectivity index (χ1v) is 5.58. The van der Waals surface area contributed by atoms with Gasteiger partial charge in [0, 0.05) is 12.1 Å². The summed E-state index contributed by atoms with van der Waals surface area (Å²) in [5.41, 5.74) is 2.27. The van der Waals surface area contributed by atoms with Crippen LogP contribution in [0.25, 0.3) is 0 Å². The van der Waals surface area contributed by atoms with Gasteiger partial charge in [0.25, 0.3) is 0 Å². The Morgan fingerprint density at radius 2 is 1.94 bits per heavy atom. The molecule has 0 fully saturated rings. The smallest absolute Gasteiger partial charge is 0.335 e. The average Bonchev–Trinajstić information content (AvgIpc) is 2.52. The van der Waals surface area contributed by atoms with E-state index in [4.69, 9.17) is 5.11 Å². The molecule has 4 heteroatoms. The lowest BCUT2D eigenvalue weighted by atomic mass is 9.98. The van der Waals surface area contributed by atoms with Gasteiger partial charge in [-0.2, -0.15) is 5.10 Å². The third-order valence-electron chi connectivity index (χ3n) is 2.89. The Morgan fingerprint density at radius 3 is 2.35 bits per heavy atom. The normalized spacial score (nSPS) is 18.1. The molecule has 4 nitrogen and oxygen atoms in total. The fourth-order valence-electron chi connectivity index (χ4n) is 2.19. The quantitative estimate of drug-likeness (QED) is 0.853. The summed E-state index contributed by atoms with van der Waals surface area (Å²) in [7, 11) is 0. The Kier molecular flexibility index (Phi) is 2.65. The summed E-state index contributed by atoms with van der Waals surface area (Å²) in [6.07, 6.45) is 0.924. The predicted molar refractivity (Wildman–Crippen MR) is 67.7 cm³/mol. The number of hydrazone groups is 1. The highest BCUT2D eigenvalue weighted by Crippen LogP contribution is 2.32. The molecule has 0 aliphatic carbocycles. The number of anilines is 1. The van der Waals surface area contributed by atoms with Gasteiger partial charge in [-0.15, -0.1) is 0 Å².